The van der Waals surface area contributed by atoms with E-state index >= 15 is 0 Å². The number of thiophene rings is 1. The van der Waals surface area contributed by atoms with Gasteiger partial charge >= 0.3 is 0 Å². The van der Waals surface area contributed by atoms with Crippen molar-refractivity contribution < 1.29 is 0 Å². The molecule has 7 aromatic carbocycles. The molecular weight excluding hydrogens is 579 g/mol. The van der Waals surface area contributed by atoms with E-state index in [1.54, 1.807) is 0 Å². The van der Waals surface area contributed by atoms with E-state index in [9.17, 15) is 0 Å². The van der Waals surface area contributed by atoms with E-state index in [-0.39, 0.29) is 0 Å². The summed E-state index contributed by atoms with van der Waals surface area (Å²) in [5.74, 6) is 0. The second-order valence-electron chi connectivity index (χ2n) is 12.2. The Morgan fingerprint density at radius 2 is 1.24 bits per heavy atom. The molecule has 0 fully saturated rings. The quantitative estimate of drug-likeness (QED) is 0.197. The highest BCUT2D eigenvalue weighted by Gasteiger charge is 2.23. The van der Waals surface area contributed by atoms with Crippen LogP contribution in [-0.2, 0) is 0 Å². The summed E-state index contributed by atoms with van der Waals surface area (Å²) in [6.07, 6.45) is 0. The molecule has 4 aromatic heterocycles. The highest BCUT2D eigenvalue weighted by Crippen LogP contribution is 2.44. The molecule has 4 heteroatoms. The van der Waals surface area contributed by atoms with E-state index in [1.807, 2.05) is 11.3 Å². The lowest BCUT2D eigenvalue weighted by atomic mass is 9.98. The average Bonchev–Trinajstić information content (AvgIpc) is 3.76. The van der Waals surface area contributed by atoms with Gasteiger partial charge in [0.2, 0.25) is 0 Å². The first-order valence-electron chi connectivity index (χ1n) is 15.6. The molecule has 212 valence electrons. The summed E-state index contributed by atoms with van der Waals surface area (Å²) < 4.78 is 5.01. The van der Waals surface area contributed by atoms with Crippen LogP contribution in [0.4, 0.5) is 0 Å². The van der Waals surface area contributed by atoms with Crippen LogP contribution in [0.25, 0.3) is 103 Å². The normalized spacial score (nSPS) is 12.3. The molecule has 0 radical (unpaired) electrons. The van der Waals surface area contributed by atoms with Crippen LogP contribution in [-0.4, -0.2) is 14.4 Å². The lowest BCUT2D eigenvalue weighted by Crippen LogP contribution is -1.91. The van der Waals surface area contributed by atoms with Crippen LogP contribution in [0.1, 0.15) is 0 Å². The molecule has 0 atom stereocenters. The molecular formula is C42H23N3S. The van der Waals surface area contributed by atoms with Crippen LogP contribution in [0.3, 0.4) is 0 Å². The lowest BCUT2D eigenvalue weighted by Gasteiger charge is -2.07. The maximum atomic E-state index is 5.39. The summed E-state index contributed by atoms with van der Waals surface area (Å²) in [6, 6.07) is 50.4. The molecule has 0 N–H and O–H groups in total. The molecule has 0 aliphatic rings. The molecule has 0 bridgehead atoms. The SMILES string of the molecule is c1ccc(-c2cccc3nc4c(nc23)c2cc3ccccc3c3c5cc(-c6ccc7sc8ccccc8c7c6)ccc5n4c23)cc1. The van der Waals surface area contributed by atoms with Gasteiger partial charge in [0, 0.05) is 41.9 Å². The van der Waals surface area contributed by atoms with Gasteiger partial charge in [-0.2, -0.15) is 0 Å². The first-order valence-corrected chi connectivity index (χ1v) is 16.4. The van der Waals surface area contributed by atoms with Crippen molar-refractivity contribution >= 4 is 91.7 Å². The van der Waals surface area contributed by atoms with Gasteiger partial charge in [0.25, 0.3) is 0 Å². The fourth-order valence-corrected chi connectivity index (χ4v) is 8.72. The van der Waals surface area contributed by atoms with Gasteiger partial charge in [-0.05, 0) is 69.9 Å². The minimum absolute atomic E-state index is 0.903. The number of hydrogen-bond acceptors (Lipinski definition) is 3. The summed E-state index contributed by atoms with van der Waals surface area (Å²) >= 11 is 1.86. The van der Waals surface area contributed by atoms with Crippen molar-refractivity contribution in [3.8, 4) is 22.3 Å². The number of aromatic nitrogens is 3. The van der Waals surface area contributed by atoms with Crippen molar-refractivity contribution in [2.24, 2.45) is 0 Å². The maximum Gasteiger partial charge on any atom is 0.165 e. The number of fused-ring (bicyclic) bond motifs is 12. The van der Waals surface area contributed by atoms with E-state index < -0.39 is 0 Å². The van der Waals surface area contributed by atoms with E-state index in [4.69, 9.17) is 9.97 Å². The zero-order valence-electron chi connectivity index (χ0n) is 24.5. The van der Waals surface area contributed by atoms with Crippen molar-refractivity contribution in [3.63, 3.8) is 0 Å². The van der Waals surface area contributed by atoms with E-state index in [2.05, 4.69) is 144 Å². The van der Waals surface area contributed by atoms with Gasteiger partial charge in [-0.15, -0.1) is 11.3 Å². The minimum atomic E-state index is 0.903. The Balaban J connectivity index is 1.24. The minimum Gasteiger partial charge on any atom is -0.291 e. The van der Waals surface area contributed by atoms with Crippen LogP contribution in [0.15, 0.2) is 140 Å². The summed E-state index contributed by atoms with van der Waals surface area (Å²) in [6.45, 7) is 0. The van der Waals surface area contributed by atoms with Crippen molar-refractivity contribution in [1.29, 1.82) is 0 Å². The molecule has 0 aliphatic heterocycles. The Labute approximate surface area is 266 Å². The molecule has 46 heavy (non-hydrogen) atoms. The topological polar surface area (TPSA) is 30.2 Å². The number of nitrogens with zero attached hydrogens (tertiary/aromatic N) is 3. The van der Waals surface area contributed by atoms with Gasteiger partial charge < -0.3 is 0 Å². The average molecular weight is 602 g/mol. The van der Waals surface area contributed by atoms with E-state index in [0.29, 0.717) is 0 Å². The fraction of sp³-hybridized carbons (Fsp3) is 0. The third-order valence-electron chi connectivity index (χ3n) is 9.69. The van der Waals surface area contributed by atoms with Crippen molar-refractivity contribution in [2.75, 3.05) is 0 Å². The molecule has 0 aliphatic carbocycles. The Hall–Kier alpha value is -5.84. The van der Waals surface area contributed by atoms with Crippen molar-refractivity contribution in [1.82, 2.24) is 14.4 Å². The van der Waals surface area contributed by atoms with Crippen LogP contribution < -0.4 is 0 Å². The number of hydrogen-bond donors (Lipinski definition) is 0. The van der Waals surface area contributed by atoms with Gasteiger partial charge in [0.15, 0.2) is 5.65 Å². The predicted molar refractivity (Wildman–Crippen MR) is 195 cm³/mol. The number of rotatable bonds is 2. The molecule has 0 saturated carbocycles. The first-order chi connectivity index (χ1) is 22.8. The van der Waals surface area contributed by atoms with Crippen molar-refractivity contribution in [3.05, 3.63) is 140 Å². The van der Waals surface area contributed by atoms with E-state index in [1.165, 1.54) is 58.4 Å². The second kappa shape index (κ2) is 8.87. The van der Waals surface area contributed by atoms with Gasteiger partial charge in [0.1, 0.15) is 5.52 Å². The largest absolute Gasteiger partial charge is 0.291 e. The van der Waals surface area contributed by atoms with Crippen LogP contribution in [0.2, 0.25) is 0 Å². The summed E-state index contributed by atoms with van der Waals surface area (Å²) in [5, 5.41) is 8.76. The molecule has 0 saturated heterocycles. The molecule has 0 spiro atoms. The second-order valence-corrected chi connectivity index (χ2v) is 13.3. The Morgan fingerprint density at radius 3 is 2.15 bits per heavy atom. The highest BCUT2D eigenvalue weighted by molar-refractivity contribution is 7.25. The highest BCUT2D eigenvalue weighted by atomic mass is 32.1. The maximum absolute atomic E-state index is 5.39. The molecule has 0 amide bonds. The monoisotopic (exact) mass is 601 g/mol. The van der Waals surface area contributed by atoms with Crippen LogP contribution in [0, 0.1) is 0 Å². The molecule has 11 rings (SSSR count). The molecule has 11 aromatic rings. The van der Waals surface area contributed by atoms with Crippen molar-refractivity contribution in [2.45, 2.75) is 0 Å². The fourth-order valence-electron chi connectivity index (χ4n) is 7.63. The predicted octanol–water partition coefficient (Wildman–Crippen LogP) is 11.6. The van der Waals surface area contributed by atoms with Crippen LogP contribution >= 0.6 is 11.3 Å². The Kier molecular flexibility index (Phi) is 4.72. The smallest absolute Gasteiger partial charge is 0.165 e. The number of benzene rings is 7. The zero-order chi connectivity index (χ0) is 29.9. The van der Waals surface area contributed by atoms with E-state index in [0.717, 1.165) is 44.2 Å². The lowest BCUT2D eigenvalue weighted by molar-refractivity contribution is 1.28. The third-order valence-corrected chi connectivity index (χ3v) is 10.8. The third kappa shape index (κ3) is 3.21. The standard InChI is InChI=1S/C42H23N3S/c1-2-9-24(10-3-1)29-14-8-15-34-39(29)44-40-33-23-27-11-4-5-12-28(27)38-32-22-25(17-19-35(32)45(41(33)38)42(40)43-34)26-18-20-37-31(21-26)30-13-6-7-16-36(30)46-37/h1-23H. The molecule has 0 unspecified atom stereocenters. The Morgan fingerprint density at radius 1 is 0.478 bits per heavy atom. The van der Waals surface area contributed by atoms with Gasteiger partial charge in [0.05, 0.1) is 22.1 Å². The summed E-state index contributed by atoms with van der Waals surface area (Å²) in [5.41, 5.74) is 10.7. The van der Waals surface area contributed by atoms with Crippen LogP contribution in [0.5, 0.6) is 0 Å². The van der Waals surface area contributed by atoms with Gasteiger partial charge in [-0.25, -0.2) is 9.97 Å². The number of para-hydroxylation sites is 1. The molecule has 3 nitrogen and oxygen atoms in total. The summed E-state index contributed by atoms with van der Waals surface area (Å²) in [7, 11) is 0. The first kappa shape index (κ1) is 24.5. The van der Waals surface area contributed by atoms with Gasteiger partial charge in [-0.1, -0.05) is 97.1 Å². The van der Waals surface area contributed by atoms with Gasteiger partial charge in [-0.3, -0.25) is 4.40 Å². The Bertz CT molecular complexity index is 3020. The zero-order valence-corrected chi connectivity index (χ0v) is 25.3. The summed E-state index contributed by atoms with van der Waals surface area (Å²) in [4.78, 5) is 10.7. The molecule has 4 heterocycles.